The molecular formula is C20H26N2O5. The lowest BCUT2D eigenvalue weighted by Crippen LogP contribution is -2.31. The maximum atomic E-state index is 13.1. The second-order valence-corrected chi connectivity index (χ2v) is 7.59. The maximum absolute atomic E-state index is 13.1. The molecule has 1 amide bonds. The summed E-state index contributed by atoms with van der Waals surface area (Å²) in [6.45, 7) is 6.44. The van der Waals surface area contributed by atoms with E-state index in [9.17, 15) is 9.59 Å². The maximum Gasteiger partial charge on any atom is 0.412 e. The minimum Gasteiger partial charge on any atom is -0.493 e. The molecule has 0 atom stereocenters. The molecule has 27 heavy (non-hydrogen) atoms. The minimum absolute atomic E-state index is 0.187. The molecule has 0 bridgehead atoms. The number of carbonyl (C=O) groups excluding carboxylic acids is 1. The van der Waals surface area contributed by atoms with Crippen molar-refractivity contribution in [2.45, 2.75) is 52.2 Å². The van der Waals surface area contributed by atoms with Crippen molar-refractivity contribution in [3.63, 3.8) is 0 Å². The molecule has 0 aliphatic carbocycles. The summed E-state index contributed by atoms with van der Waals surface area (Å²) >= 11 is 0. The molecule has 1 aromatic carbocycles. The van der Waals surface area contributed by atoms with Crippen LogP contribution < -0.4 is 20.3 Å². The van der Waals surface area contributed by atoms with Crippen molar-refractivity contribution < 1.29 is 19.0 Å². The number of ether oxygens (including phenoxy) is 3. The zero-order valence-corrected chi connectivity index (χ0v) is 16.3. The van der Waals surface area contributed by atoms with Crippen LogP contribution in [0.2, 0.25) is 0 Å². The zero-order chi connectivity index (χ0) is 19.6. The number of hydrogen-bond acceptors (Lipinski definition) is 5. The van der Waals surface area contributed by atoms with Gasteiger partial charge in [-0.15, -0.1) is 0 Å². The molecule has 0 saturated carbocycles. The molecule has 1 aromatic heterocycles. The Hall–Kier alpha value is -2.70. The van der Waals surface area contributed by atoms with Crippen molar-refractivity contribution in [2.24, 2.45) is 0 Å². The van der Waals surface area contributed by atoms with E-state index in [4.69, 9.17) is 14.2 Å². The van der Waals surface area contributed by atoms with Gasteiger partial charge < -0.3 is 18.8 Å². The van der Waals surface area contributed by atoms with Crippen molar-refractivity contribution in [3.05, 3.63) is 28.6 Å². The Morgan fingerprint density at radius 1 is 1.22 bits per heavy atom. The molecular weight excluding hydrogens is 348 g/mol. The summed E-state index contributed by atoms with van der Waals surface area (Å²) in [5, 5.41) is 3.38. The lowest BCUT2D eigenvalue weighted by molar-refractivity contribution is 0.0635. The van der Waals surface area contributed by atoms with E-state index in [-0.39, 0.29) is 11.2 Å². The Kier molecular flexibility index (Phi) is 5.30. The van der Waals surface area contributed by atoms with Gasteiger partial charge in [0.1, 0.15) is 11.3 Å². The molecule has 0 spiro atoms. The second-order valence-electron chi connectivity index (χ2n) is 7.59. The molecule has 2 aromatic rings. The fourth-order valence-electron chi connectivity index (χ4n) is 3.17. The molecule has 0 unspecified atom stereocenters. The number of nitrogens with one attached hydrogen (secondary N) is 1. The topological polar surface area (TPSA) is 78.8 Å². The summed E-state index contributed by atoms with van der Waals surface area (Å²) in [5.41, 5.74) is -0.0518. The summed E-state index contributed by atoms with van der Waals surface area (Å²) in [4.78, 5) is 25.2. The van der Waals surface area contributed by atoms with Crippen LogP contribution in [0.25, 0.3) is 10.9 Å². The van der Waals surface area contributed by atoms with Gasteiger partial charge in [0.2, 0.25) is 0 Å². The van der Waals surface area contributed by atoms with Crippen molar-refractivity contribution in [1.82, 2.24) is 4.57 Å². The molecule has 0 saturated heterocycles. The lowest BCUT2D eigenvalue weighted by Gasteiger charge is -2.20. The standard InChI is InChI=1S/C20H26N2O5/c1-20(2,3)27-19(24)21-14-12-13-8-9-15(25-4)17-16(13)22(18(14)23)10-6-5-7-11-26-17/h8-9,12H,5-7,10-11H2,1-4H3,(H,21,24). The van der Waals surface area contributed by atoms with E-state index < -0.39 is 11.7 Å². The average Bonchev–Trinajstić information content (AvgIpc) is 2.69. The molecule has 1 N–H and O–H groups in total. The van der Waals surface area contributed by atoms with Gasteiger partial charge in [-0.25, -0.2) is 4.79 Å². The highest BCUT2D eigenvalue weighted by molar-refractivity contribution is 5.93. The average molecular weight is 374 g/mol. The van der Waals surface area contributed by atoms with Crippen LogP contribution in [0.3, 0.4) is 0 Å². The van der Waals surface area contributed by atoms with E-state index >= 15 is 0 Å². The third-order valence-corrected chi connectivity index (χ3v) is 4.30. The highest BCUT2D eigenvalue weighted by Gasteiger charge is 2.21. The van der Waals surface area contributed by atoms with Crippen LogP contribution in [0.1, 0.15) is 40.0 Å². The number of carbonyl (C=O) groups is 1. The number of amides is 1. The SMILES string of the molecule is COc1ccc2cc(NC(=O)OC(C)(C)C)c(=O)n3c2c1OCCCCC3. The monoisotopic (exact) mass is 374 g/mol. The Labute approximate surface area is 158 Å². The van der Waals surface area contributed by atoms with Crippen LogP contribution in [0.5, 0.6) is 11.5 Å². The molecule has 7 nitrogen and oxygen atoms in total. The first-order valence-corrected chi connectivity index (χ1v) is 9.17. The predicted molar refractivity (Wildman–Crippen MR) is 104 cm³/mol. The molecule has 146 valence electrons. The van der Waals surface area contributed by atoms with Gasteiger partial charge in [-0.1, -0.05) is 0 Å². The van der Waals surface area contributed by atoms with Gasteiger partial charge in [0.15, 0.2) is 11.5 Å². The molecule has 0 fully saturated rings. The molecule has 7 heteroatoms. The van der Waals surface area contributed by atoms with Crippen molar-refractivity contribution in [3.8, 4) is 11.5 Å². The van der Waals surface area contributed by atoms with Gasteiger partial charge in [-0.2, -0.15) is 0 Å². The van der Waals surface area contributed by atoms with Crippen molar-refractivity contribution in [1.29, 1.82) is 0 Å². The Morgan fingerprint density at radius 2 is 2.00 bits per heavy atom. The Morgan fingerprint density at radius 3 is 2.70 bits per heavy atom. The first-order valence-electron chi connectivity index (χ1n) is 9.17. The number of anilines is 1. The highest BCUT2D eigenvalue weighted by atomic mass is 16.6. The molecule has 1 aliphatic heterocycles. The fraction of sp³-hybridized carbons (Fsp3) is 0.500. The number of pyridine rings is 1. The number of aromatic nitrogens is 1. The first kappa shape index (κ1) is 19.1. The van der Waals surface area contributed by atoms with Gasteiger partial charge in [-0.3, -0.25) is 10.1 Å². The van der Waals surface area contributed by atoms with E-state index in [1.54, 1.807) is 38.5 Å². The Bertz CT molecular complexity index is 911. The number of methoxy groups -OCH3 is 1. The van der Waals surface area contributed by atoms with Crippen LogP contribution in [-0.4, -0.2) is 30.0 Å². The number of rotatable bonds is 2. The van der Waals surface area contributed by atoms with Crippen LogP contribution in [0.4, 0.5) is 10.5 Å². The van der Waals surface area contributed by atoms with Gasteiger partial charge in [-0.05, 0) is 58.2 Å². The molecule has 2 heterocycles. The summed E-state index contributed by atoms with van der Waals surface area (Å²) in [7, 11) is 1.58. The fourth-order valence-corrected chi connectivity index (χ4v) is 3.17. The third kappa shape index (κ3) is 4.18. The van der Waals surface area contributed by atoms with E-state index in [2.05, 4.69) is 5.32 Å². The summed E-state index contributed by atoms with van der Waals surface area (Å²) in [5.74, 6) is 1.16. The van der Waals surface area contributed by atoms with Crippen LogP contribution in [0.15, 0.2) is 23.0 Å². The van der Waals surface area contributed by atoms with E-state index in [1.807, 2.05) is 12.1 Å². The van der Waals surface area contributed by atoms with E-state index in [1.165, 1.54) is 0 Å². The van der Waals surface area contributed by atoms with Crippen molar-refractivity contribution >= 4 is 22.7 Å². The summed E-state index contributed by atoms with van der Waals surface area (Å²) in [6.07, 6.45) is 2.06. The number of benzene rings is 1. The smallest absolute Gasteiger partial charge is 0.412 e. The molecule has 0 radical (unpaired) electrons. The number of hydrogen-bond donors (Lipinski definition) is 1. The van der Waals surface area contributed by atoms with E-state index in [0.717, 1.165) is 24.6 Å². The molecule has 1 aliphatic rings. The summed E-state index contributed by atoms with van der Waals surface area (Å²) < 4.78 is 18.3. The number of aryl methyl sites for hydroxylation is 1. The third-order valence-electron chi connectivity index (χ3n) is 4.30. The lowest BCUT2D eigenvalue weighted by atomic mass is 10.1. The largest absolute Gasteiger partial charge is 0.493 e. The highest BCUT2D eigenvalue weighted by Crippen LogP contribution is 2.36. The molecule has 3 rings (SSSR count). The predicted octanol–water partition coefficient (Wildman–Crippen LogP) is 3.92. The summed E-state index contributed by atoms with van der Waals surface area (Å²) in [6, 6.07) is 5.32. The minimum atomic E-state index is -0.653. The zero-order valence-electron chi connectivity index (χ0n) is 16.3. The second kappa shape index (κ2) is 7.50. The van der Waals surface area contributed by atoms with Crippen LogP contribution >= 0.6 is 0 Å². The normalized spacial score (nSPS) is 14.5. The van der Waals surface area contributed by atoms with Gasteiger partial charge in [0.25, 0.3) is 5.56 Å². The van der Waals surface area contributed by atoms with Gasteiger partial charge >= 0.3 is 6.09 Å². The quantitative estimate of drug-likeness (QED) is 0.862. The first-order chi connectivity index (χ1) is 12.8. The van der Waals surface area contributed by atoms with Crippen molar-refractivity contribution in [2.75, 3.05) is 19.0 Å². The van der Waals surface area contributed by atoms with Crippen LogP contribution in [-0.2, 0) is 11.3 Å². The number of nitrogens with zero attached hydrogens (tertiary/aromatic N) is 1. The van der Waals surface area contributed by atoms with Gasteiger partial charge in [0.05, 0.1) is 19.2 Å². The van der Waals surface area contributed by atoms with Gasteiger partial charge in [0, 0.05) is 11.9 Å². The van der Waals surface area contributed by atoms with E-state index in [0.29, 0.717) is 30.2 Å². The van der Waals surface area contributed by atoms with Crippen LogP contribution in [0, 0.1) is 0 Å². The Balaban J connectivity index is 2.13.